The summed E-state index contributed by atoms with van der Waals surface area (Å²) in [4.78, 5) is 10.1. The van der Waals surface area contributed by atoms with Crippen LogP contribution in [-0.2, 0) is 0 Å². The summed E-state index contributed by atoms with van der Waals surface area (Å²) >= 11 is 1.85. The largest absolute Gasteiger partial charge is 0.254 e. The Morgan fingerprint density at radius 2 is 0.895 bits per heavy atom. The number of benzene rings is 9. The standard InChI is InChI=1S/C54H32N2S/c1-2-14-38(37(13-1)35-25-27-45-42-18-4-3-16-40(42)41-17-5-7-19-43(41)47(45)30-35)39-15-6-8-20-44(39)48-31-36(32-51-52(48)46-21-9-10-22-50(46)57-51)49-28-26-34-24-23-33-12-11-29-55-53(33)54(34)56-49/h1-32H. The number of thiophene rings is 1. The van der Waals surface area contributed by atoms with Crippen LogP contribution < -0.4 is 0 Å². The minimum Gasteiger partial charge on any atom is -0.254 e. The third-order valence-corrected chi connectivity index (χ3v) is 12.8. The smallest absolute Gasteiger partial charge is 0.0972 e. The Bertz CT molecular complexity index is 3560. The van der Waals surface area contributed by atoms with Crippen LogP contribution in [0.25, 0.3) is 119 Å². The van der Waals surface area contributed by atoms with Gasteiger partial charge in [0.2, 0.25) is 0 Å². The fourth-order valence-corrected chi connectivity index (χ4v) is 10.3. The van der Waals surface area contributed by atoms with Crippen molar-refractivity contribution in [1.29, 1.82) is 0 Å². The maximum absolute atomic E-state index is 5.31. The summed E-state index contributed by atoms with van der Waals surface area (Å²) in [6, 6.07) is 68.7. The highest BCUT2D eigenvalue weighted by Gasteiger charge is 2.20. The van der Waals surface area contributed by atoms with Crippen molar-refractivity contribution < 1.29 is 0 Å². The number of rotatable bonds is 4. The number of aromatic nitrogens is 2. The lowest BCUT2D eigenvalue weighted by Crippen LogP contribution is -1.92. The first-order valence-electron chi connectivity index (χ1n) is 19.4. The van der Waals surface area contributed by atoms with Gasteiger partial charge in [0.05, 0.1) is 16.7 Å². The third kappa shape index (κ3) is 5.03. The molecule has 0 fully saturated rings. The van der Waals surface area contributed by atoms with Gasteiger partial charge in [0.1, 0.15) is 0 Å². The van der Waals surface area contributed by atoms with E-state index in [4.69, 9.17) is 9.97 Å². The Morgan fingerprint density at radius 3 is 1.63 bits per heavy atom. The zero-order valence-corrected chi connectivity index (χ0v) is 31.6. The zero-order chi connectivity index (χ0) is 37.5. The summed E-state index contributed by atoms with van der Waals surface area (Å²) in [5.74, 6) is 0. The highest BCUT2D eigenvalue weighted by Crippen LogP contribution is 2.47. The van der Waals surface area contributed by atoms with E-state index in [1.165, 1.54) is 85.9 Å². The number of fused-ring (bicyclic) bond motifs is 12. The summed E-state index contributed by atoms with van der Waals surface area (Å²) in [5.41, 5.74) is 11.1. The molecule has 0 bridgehead atoms. The van der Waals surface area contributed by atoms with Gasteiger partial charge in [0, 0.05) is 42.7 Å². The molecule has 0 amide bonds. The maximum Gasteiger partial charge on any atom is 0.0972 e. The first kappa shape index (κ1) is 32.1. The fraction of sp³-hybridized carbons (Fsp3) is 0. The molecule has 0 aliphatic heterocycles. The molecule has 0 radical (unpaired) electrons. The monoisotopic (exact) mass is 740 g/mol. The topological polar surface area (TPSA) is 25.8 Å². The quantitative estimate of drug-likeness (QED) is 0.168. The predicted molar refractivity (Wildman–Crippen MR) is 244 cm³/mol. The highest BCUT2D eigenvalue weighted by atomic mass is 32.1. The summed E-state index contributed by atoms with van der Waals surface area (Å²) in [7, 11) is 0. The molecular weight excluding hydrogens is 709 g/mol. The molecular formula is C54H32N2S. The Labute approximate surface area is 333 Å². The lowest BCUT2D eigenvalue weighted by molar-refractivity contribution is 1.37. The number of pyridine rings is 2. The van der Waals surface area contributed by atoms with E-state index in [0.717, 1.165) is 33.1 Å². The van der Waals surface area contributed by atoms with Crippen LogP contribution in [0.4, 0.5) is 0 Å². The molecule has 3 heteroatoms. The first-order chi connectivity index (χ1) is 28.3. The van der Waals surface area contributed by atoms with Gasteiger partial charge in [-0.05, 0) is 102 Å². The van der Waals surface area contributed by atoms with E-state index in [2.05, 4.69) is 182 Å². The van der Waals surface area contributed by atoms with E-state index in [-0.39, 0.29) is 0 Å². The first-order valence-corrected chi connectivity index (χ1v) is 20.2. The lowest BCUT2D eigenvalue weighted by Gasteiger charge is -2.17. The van der Waals surface area contributed by atoms with Crippen LogP contribution in [0.15, 0.2) is 194 Å². The summed E-state index contributed by atoms with van der Waals surface area (Å²) < 4.78 is 2.53. The molecule has 3 heterocycles. The van der Waals surface area contributed by atoms with Gasteiger partial charge in [-0.3, -0.25) is 4.98 Å². The van der Waals surface area contributed by atoms with Gasteiger partial charge < -0.3 is 0 Å². The number of hydrogen-bond acceptors (Lipinski definition) is 3. The second kappa shape index (κ2) is 12.7. The molecule has 0 spiro atoms. The molecule has 2 nitrogen and oxygen atoms in total. The van der Waals surface area contributed by atoms with Gasteiger partial charge in [-0.15, -0.1) is 11.3 Å². The maximum atomic E-state index is 5.31. The van der Waals surface area contributed by atoms with Gasteiger partial charge >= 0.3 is 0 Å². The molecule has 9 aromatic carbocycles. The summed E-state index contributed by atoms with van der Waals surface area (Å²) in [6.07, 6.45) is 1.86. The average molecular weight is 741 g/mol. The highest BCUT2D eigenvalue weighted by molar-refractivity contribution is 7.26. The molecule has 0 aliphatic carbocycles. The SMILES string of the molecule is c1ccc(-c2ccccc2-c2cc(-c3ccc4ccc5cccnc5c4n3)cc3sc4ccccc4c23)c(-c2ccc3c4ccccc4c4ccccc4c3c2)c1. The van der Waals surface area contributed by atoms with E-state index in [0.29, 0.717) is 0 Å². The molecule has 264 valence electrons. The van der Waals surface area contributed by atoms with Crippen molar-refractivity contribution >= 4 is 85.6 Å². The van der Waals surface area contributed by atoms with Crippen LogP contribution in [0.5, 0.6) is 0 Å². The Balaban J connectivity index is 1.09. The number of hydrogen-bond donors (Lipinski definition) is 0. The molecule has 12 aromatic rings. The van der Waals surface area contributed by atoms with E-state index in [1.807, 2.05) is 23.6 Å². The van der Waals surface area contributed by atoms with E-state index in [9.17, 15) is 0 Å². The molecule has 0 aliphatic rings. The second-order valence-corrected chi connectivity index (χ2v) is 15.9. The average Bonchev–Trinajstić information content (AvgIpc) is 3.67. The molecule has 0 atom stereocenters. The van der Waals surface area contributed by atoms with Crippen LogP contribution >= 0.6 is 11.3 Å². The molecule has 57 heavy (non-hydrogen) atoms. The van der Waals surface area contributed by atoms with Crippen LogP contribution in [0.2, 0.25) is 0 Å². The van der Waals surface area contributed by atoms with Gasteiger partial charge in [0.25, 0.3) is 0 Å². The fourth-order valence-electron chi connectivity index (χ4n) is 9.10. The van der Waals surface area contributed by atoms with Crippen molar-refractivity contribution in [3.63, 3.8) is 0 Å². The molecule has 3 aromatic heterocycles. The summed E-state index contributed by atoms with van der Waals surface area (Å²) in [6.45, 7) is 0. The molecule has 0 saturated carbocycles. The van der Waals surface area contributed by atoms with Crippen molar-refractivity contribution in [3.8, 4) is 44.6 Å². The van der Waals surface area contributed by atoms with Crippen LogP contribution in [0, 0.1) is 0 Å². The van der Waals surface area contributed by atoms with Crippen LogP contribution in [-0.4, -0.2) is 9.97 Å². The molecule has 12 rings (SSSR count). The Morgan fingerprint density at radius 1 is 0.333 bits per heavy atom. The van der Waals surface area contributed by atoms with Gasteiger partial charge in [-0.1, -0.05) is 152 Å². The predicted octanol–water partition coefficient (Wildman–Crippen LogP) is 15.3. The van der Waals surface area contributed by atoms with Gasteiger partial charge in [-0.25, -0.2) is 4.98 Å². The van der Waals surface area contributed by atoms with E-state index < -0.39 is 0 Å². The normalized spacial score (nSPS) is 11.9. The van der Waals surface area contributed by atoms with Crippen molar-refractivity contribution in [1.82, 2.24) is 9.97 Å². The van der Waals surface area contributed by atoms with Crippen molar-refractivity contribution in [2.24, 2.45) is 0 Å². The third-order valence-electron chi connectivity index (χ3n) is 11.7. The minimum absolute atomic E-state index is 0.925. The van der Waals surface area contributed by atoms with Crippen LogP contribution in [0.1, 0.15) is 0 Å². The lowest BCUT2D eigenvalue weighted by atomic mass is 9.86. The van der Waals surface area contributed by atoms with Crippen LogP contribution in [0.3, 0.4) is 0 Å². The van der Waals surface area contributed by atoms with E-state index in [1.54, 1.807) is 0 Å². The molecule has 0 saturated heterocycles. The molecule has 0 N–H and O–H groups in total. The Kier molecular flexibility index (Phi) is 7.13. The summed E-state index contributed by atoms with van der Waals surface area (Å²) in [5, 5.41) is 12.4. The van der Waals surface area contributed by atoms with Crippen molar-refractivity contribution in [2.45, 2.75) is 0 Å². The van der Waals surface area contributed by atoms with E-state index >= 15 is 0 Å². The van der Waals surface area contributed by atoms with Crippen molar-refractivity contribution in [3.05, 3.63) is 194 Å². The number of nitrogens with zero attached hydrogens (tertiary/aromatic N) is 2. The van der Waals surface area contributed by atoms with Crippen molar-refractivity contribution in [2.75, 3.05) is 0 Å². The second-order valence-electron chi connectivity index (χ2n) is 14.8. The minimum atomic E-state index is 0.925. The van der Waals surface area contributed by atoms with Gasteiger partial charge in [-0.2, -0.15) is 0 Å². The zero-order valence-electron chi connectivity index (χ0n) is 30.8. The van der Waals surface area contributed by atoms with Gasteiger partial charge in [0.15, 0.2) is 0 Å². The molecule has 0 unspecified atom stereocenters. The Hall–Kier alpha value is -7.20.